The Labute approximate surface area is 316 Å². The van der Waals surface area contributed by atoms with Crippen molar-refractivity contribution in [3.8, 4) is 11.1 Å². The molecule has 47 heavy (non-hydrogen) atoms. The molecule has 0 aromatic heterocycles. The van der Waals surface area contributed by atoms with Gasteiger partial charge in [-0.2, -0.15) is 41.0 Å². The van der Waals surface area contributed by atoms with E-state index in [2.05, 4.69) is 157 Å². The summed E-state index contributed by atoms with van der Waals surface area (Å²) in [6.07, 6.45) is 4.87. The van der Waals surface area contributed by atoms with Gasteiger partial charge >= 0.3 is 70.3 Å². The van der Waals surface area contributed by atoms with Crippen LogP contribution in [-0.4, -0.2) is 3.21 Å². The normalized spacial score (nSPS) is 11.9. The van der Waals surface area contributed by atoms with Crippen molar-refractivity contribution in [2.45, 2.75) is 132 Å². The molecular weight excluding hydrogens is 691 g/mol. The molecule has 0 aliphatic heterocycles. The van der Waals surface area contributed by atoms with Crippen molar-refractivity contribution in [2.24, 2.45) is 0 Å². The molecule has 0 nitrogen and oxygen atoms in total. The molecule has 0 amide bonds. The molecule has 0 heterocycles. The van der Waals surface area contributed by atoms with Crippen LogP contribution < -0.4 is 24.8 Å². The van der Waals surface area contributed by atoms with E-state index in [1.807, 2.05) is 6.07 Å². The molecule has 0 bridgehead atoms. The van der Waals surface area contributed by atoms with Gasteiger partial charge in [0.05, 0.1) is 0 Å². The molecule has 0 saturated carbocycles. The van der Waals surface area contributed by atoms with Crippen LogP contribution in [0.5, 0.6) is 0 Å². The fourth-order valence-corrected chi connectivity index (χ4v) is 6.62. The third kappa shape index (κ3) is 12.0. The summed E-state index contributed by atoms with van der Waals surface area (Å²) in [5.74, 6) is 0. The van der Waals surface area contributed by atoms with Crippen molar-refractivity contribution in [3.05, 3.63) is 123 Å². The van der Waals surface area contributed by atoms with Crippen LogP contribution in [0.3, 0.4) is 0 Å². The fraction of sp³-hybridized carbons (Fsp3) is 0.455. The predicted octanol–water partition coefficient (Wildman–Crippen LogP) is 6.10. The van der Waals surface area contributed by atoms with Crippen molar-refractivity contribution >= 4 is 3.21 Å². The standard InChI is InChI=1S/C23H29.C13H21.C8H8.2ClH.Zr/c1-14-9-16-11-17-10-15(2)21(23(6,7)8)13-19(17)18(16)12-20(14)22(3,4)5;1-5-6-7-11-8-9-12(10-11)13(2,3)4;1-2-8-6-4-3-5-7-8;;;/h9,12-13H,11H2,1-8H3;8-10H,5-7H2,1-4H3;3-7H,1H3;2*1H;/q2*-1;;;;+2/p-2. The molecule has 1 aliphatic carbocycles. The quantitative estimate of drug-likeness (QED) is 0.195. The van der Waals surface area contributed by atoms with Crippen LogP contribution in [0.1, 0.15) is 139 Å². The van der Waals surface area contributed by atoms with E-state index in [0.29, 0.717) is 5.41 Å². The summed E-state index contributed by atoms with van der Waals surface area (Å²) < 4.78 is 1.46. The summed E-state index contributed by atoms with van der Waals surface area (Å²) in [5.41, 5.74) is 16.3. The Hall–Kier alpha value is -1.66. The van der Waals surface area contributed by atoms with E-state index in [9.17, 15) is 0 Å². The zero-order valence-electron chi connectivity index (χ0n) is 31.4. The molecule has 0 N–H and O–H groups in total. The van der Waals surface area contributed by atoms with Crippen molar-refractivity contribution < 1.29 is 49.0 Å². The minimum Gasteiger partial charge on any atom is -1.00 e. The number of aryl methyl sites for hydroxylation is 3. The first-order chi connectivity index (χ1) is 20.8. The Morgan fingerprint density at radius 2 is 1.36 bits per heavy atom. The Kier molecular flexibility index (Phi) is 16.5. The van der Waals surface area contributed by atoms with Gasteiger partial charge in [-0.1, -0.05) is 124 Å². The summed E-state index contributed by atoms with van der Waals surface area (Å²) >= 11 is 1.51. The molecule has 0 spiro atoms. The summed E-state index contributed by atoms with van der Waals surface area (Å²) in [4.78, 5) is 0. The number of halogens is 2. The van der Waals surface area contributed by atoms with Gasteiger partial charge in [0.1, 0.15) is 0 Å². The molecule has 0 fully saturated rings. The SMILES string of the molecule is CCCCc1cc(C(C)(C)C)c[cH-]1.C[C](=[Zr+2])c1ccccc1.Cc1[c-]c2c(cc1C(C)(C)C)-c1cc(C(C)(C)C)c(C)cc1C2.[Cl-].[Cl-]. The summed E-state index contributed by atoms with van der Waals surface area (Å²) in [6, 6.07) is 28.3. The smallest absolute Gasteiger partial charge is 0.0129 e. The molecule has 1 aliphatic rings. The van der Waals surface area contributed by atoms with Crippen LogP contribution in [0.25, 0.3) is 11.1 Å². The van der Waals surface area contributed by atoms with Gasteiger partial charge < -0.3 is 24.8 Å². The van der Waals surface area contributed by atoms with Crippen LogP contribution in [-0.2, 0) is 53.3 Å². The van der Waals surface area contributed by atoms with Crippen LogP contribution in [0, 0.1) is 19.9 Å². The molecule has 0 saturated heterocycles. The first kappa shape index (κ1) is 43.4. The third-order valence-electron chi connectivity index (χ3n) is 8.79. The van der Waals surface area contributed by atoms with Crippen molar-refractivity contribution in [1.29, 1.82) is 0 Å². The van der Waals surface area contributed by atoms with E-state index in [-0.39, 0.29) is 35.6 Å². The van der Waals surface area contributed by atoms with Gasteiger partial charge in [-0.15, -0.1) is 16.7 Å². The maximum absolute atomic E-state index is 3.69. The maximum atomic E-state index is 3.69. The maximum Gasteiger partial charge on any atom is -0.0129 e. The second-order valence-electron chi connectivity index (χ2n) is 16.1. The van der Waals surface area contributed by atoms with Gasteiger partial charge in [0.2, 0.25) is 0 Å². The number of hydrogen-bond acceptors (Lipinski definition) is 0. The first-order valence-corrected chi connectivity index (χ1v) is 18.1. The van der Waals surface area contributed by atoms with E-state index in [1.165, 1.54) is 108 Å². The molecule has 4 aromatic rings. The number of rotatable bonds is 4. The fourth-order valence-electron chi connectivity index (χ4n) is 6.21. The van der Waals surface area contributed by atoms with E-state index in [0.717, 1.165) is 6.42 Å². The van der Waals surface area contributed by atoms with E-state index in [4.69, 9.17) is 0 Å². The Morgan fingerprint density at radius 1 is 0.787 bits per heavy atom. The minimum atomic E-state index is 0. The van der Waals surface area contributed by atoms with E-state index in [1.54, 1.807) is 0 Å². The average molecular weight is 749 g/mol. The van der Waals surface area contributed by atoms with E-state index < -0.39 is 0 Å². The molecule has 254 valence electrons. The van der Waals surface area contributed by atoms with Gasteiger partial charge in [-0.05, 0) is 35.4 Å². The predicted molar refractivity (Wildman–Crippen MR) is 196 cm³/mol. The van der Waals surface area contributed by atoms with Gasteiger partial charge in [0.25, 0.3) is 0 Å². The average Bonchev–Trinajstić information content (AvgIpc) is 3.55. The first-order valence-electron chi connectivity index (χ1n) is 16.9. The van der Waals surface area contributed by atoms with E-state index >= 15 is 0 Å². The second-order valence-corrected chi connectivity index (χ2v) is 17.9. The molecule has 0 atom stereocenters. The van der Waals surface area contributed by atoms with Gasteiger partial charge in [-0.25, -0.2) is 6.07 Å². The van der Waals surface area contributed by atoms with Crippen LogP contribution >= 0.6 is 0 Å². The molecule has 5 rings (SSSR count). The van der Waals surface area contributed by atoms with Gasteiger partial charge in [0, 0.05) is 0 Å². The molecular formula is C44H58Cl2Zr-2. The molecule has 3 heteroatoms. The van der Waals surface area contributed by atoms with Crippen molar-refractivity contribution in [2.75, 3.05) is 0 Å². The zero-order chi connectivity index (χ0) is 33.7. The van der Waals surface area contributed by atoms with Crippen molar-refractivity contribution in [1.82, 2.24) is 0 Å². The van der Waals surface area contributed by atoms with Crippen LogP contribution in [0.15, 0.2) is 66.7 Å². The minimum absolute atomic E-state index is 0. The Bertz CT molecular complexity index is 1520. The second kappa shape index (κ2) is 17.8. The number of hydrogen-bond donors (Lipinski definition) is 0. The number of unbranched alkanes of at least 4 members (excludes halogenated alkanes) is 1. The van der Waals surface area contributed by atoms with Crippen LogP contribution in [0.4, 0.5) is 0 Å². The summed E-state index contributed by atoms with van der Waals surface area (Å²) in [7, 11) is 0. The third-order valence-corrected chi connectivity index (χ3v) is 9.50. The number of benzene rings is 3. The zero-order valence-corrected chi connectivity index (χ0v) is 35.4. The summed E-state index contributed by atoms with van der Waals surface area (Å²) in [6.45, 7) is 29.5. The molecule has 0 unspecified atom stereocenters. The van der Waals surface area contributed by atoms with Gasteiger partial charge in [-0.3, -0.25) is 0 Å². The molecule has 4 aromatic carbocycles. The largest absolute Gasteiger partial charge is 1.00 e. The summed E-state index contributed by atoms with van der Waals surface area (Å²) in [5, 5.41) is 0. The van der Waals surface area contributed by atoms with Gasteiger partial charge in [0.15, 0.2) is 0 Å². The Balaban J connectivity index is 0.000000390. The topological polar surface area (TPSA) is 0 Å². The Morgan fingerprint density at radius 3 is 1.83 bits per heavy atom. The number of fused-ring (bicyclic) bond motifs is 3. The molecule has 0 radical (unpaired) electrons. The van der Waals surface area contributed by atoms with Crippen LogP contribution in [0.2, 0.25) is 0 Å². The monoisotopic (exact) mass is 746 g/mol. The van der Waals surface area contributed by atoms with Crippen molar-refractivity contribution in [3.63, 3.8) is 0 Å².